The molecular weight excluding hydrogens is 953 g/mol. The second-order valence-electron chi connectivity index (χ2n) is 24.0. The number of amides is 8. The Morgan fingerprint density at radius 2 is 0.880 bits per heavy atom. The second-order valence-corrected chi connectivity index (χ2v) is 24.0. The van der Waals surface area contributed by atoms with Gasteiger partial charge in [0.25, 0.3) is 0 Å². The van der Waals surface area contributed by atoms with E-state index in [1.165, 1.54) is 20.9 Å². The number of hydrogen-bond acceptors (Lipinski definition) is 10. The van der Waals surface area contributed by atoms with E-state index in [-0.39, 0.29) is 73.5 Å². The number of aryl methyl sites for hydroxylation is 2. The number of likely N-dealkylation sites (tertiary alicyclic amines) is 2. The van der Waals surface area contributed by atoms with Crippen LogP contribution >= 0.6 is 0 Å². The Hall–Kier alpha value is -5.88. The van der Waals surface area contributed by atoms with Gasteiger partial charge >= 0.3 is 0 Å². The Morgan fingerprint density at radius 3 is 1.24 bits per heavy atom. The van der Waals surface area contributed by atoms with Crippen molar-refractivity contribution in [2.45, 2.75) is 186 Å². The quantitative estimate of drug-likeness (QED) is 0.122. The molecule has 75 heavy (non-hydrogen) atoms. The maximum absolute atomic E-state index is 14.8. The van der Waals surface area contributed by atoms with Gasteiger partial charge in [-0.2, -0.15) is 0 Å². The monoisotopic (exact) mass is 1040 g/mol. The van der Waals surface area contributed by atoms with Crippen molar-refractivity contribution >= 4 is 47.3 Å². The molecule has 0 radical (unpaired) electrons. The van der Waals surface area contributed by atoms with E-state index in [2.05, 4.69) is 54.7 Å². The molecule has 3 fully saturated rings. The van der Waals surface area contributed by atoms with Crippen LogP contribution in [0.1, 0.15) is 148 Å². The fraction of sp³-hybridized carbons (Fsp3) is 0.649. The molecule has 5 unspecified atom stereocenters. The van der Waals surface area contributed by atoms with Crippen LogP contribution in [-0.2, 0) is 51.2 Å². The van der Waals surface area contributed by atoms with Crippen molar-refractivity contribution in [3.63, 3.8) is 0 Å². The van der Waals surface area contributed by atoms with Crippen LogP contribution in [0.2, 0.25) is 0 Å². The summed E-state index contributed by atoms with van der Waals surface area (Å²) in [6.45, 7) is 14.6. The molecule has 5 aliphatic rings. The van der Waals surface area contributed by atoms with Gasteiger partial charge in [0.05, 0.1) is 24.2 Å². The smallest absolute Gasteiger partial charge is 0.246 e. The van der Waals surface area contributed by atoms with Gasteiger partial charge in [0.2, 0.25) is 47.3 Å². The summed E-state index contributed by atoms with van der Waals surface area (Å²) in [5.74, 6) is -4.42. The van der Waals surface area contributed by atoms with E-state index >= 15 is 0 Å². The largest absolute Gasteiger partial charge is 0.351 e. The molecule has 410 valence electrons. The Bertz CT molecular complexity index is 2290. The summed E-state index contributed by atoms with van der Waals surface area (Å²) < 4.78 is 0. The lowest BCUT2D eigenvalue weighted by Crippen LogP contribution is -2.59. The molecule has 18 nitrogen and oxygen atoms in total. The number of nitrogens with zero attached hydrogens (tertiary/aromatic N) is 2. The van der Waals surface area contributed by atoms with Gasteiger partial charge < -0.3 is 52.3 Å². The van der Waals surface area contributed by atoms with Crippen molar-refractivity contribution in [1.29, 1.82) is 0 Å². The first-order chi connectivity index (χ1) is 35.5. The van der Waals surface area contributed by atoms with Crippen molar-refractivity contribution in [2.75, 3.05) is 27.2 Å². The van der Waals surface area contributed by atoms with Gasteiger partial charge in [0, 0.05) is 37.0 Å². The third kappa shape index (κ3) is 13.2. The summed E-state index contributed by atoms with van der Waals surface area (Å²) in [5, 5.41) is 24.5. The number of hydrogen-bond donors (Lipinski definition) is 8. The number of likely N-dealkylation sites (N-methyl/N-ethyl adjacent to an activating group) is 2. The van der Waals surface area contributed by atoms with E-state index in [0.29, 0.717) is 19.3 Å². The van der Waals surface area contributed by atoms with Crippen LogP contribution in [0.5, 0.6) is 0 Å². The zero-order valence-corrected chi connectivity index (χ0v) is 45.9. The third-order valence-corrected chi connectivity index (χ3v) is 16.5. The molecule has 0 aromatic heterocycles. The lowest BCUT2D eigenvalue weighted by molar-refractivity contribution is -0.144. The summed E-state index contributed by atoms with van der Waals surface area (Å²) in [5.41, 5.74) is 2.95. The topological polar surface area (TPSA) is 239 Å². The molecule has 2 aliphatic heterocycles. The van der Waals surface area contributed by atoms with Gasteiger partial charge in [0.1, 0.15) is 24.2 Å². The lowest BCUT2D eigenvalue weighted by atomic mass is 9.85. The standard InChI is InChI=1S/C57H84N10O8/c1-32(58-9)48(68)64-46(56(3,4)5)54(74)66-30-36(28-44(66)52(72)62-42-26-15-20-34-18-11-13-22-38(34)42)60-50(70)40-24-17-25-41(40)51(71)61-37-29-45(53(73)63-43-27-16-21-35-19-12-14-23-39(35)43)67(31-37)55(75)47(57(6,7)8)65-49(69)33(2)59-10/h11-14,18-19,22-23,32-33,36-37,40-47,58-59H,15-17,20-21,24-31H2,1-10H3,(H,60,70)(H,61,71)(H,62,72)(H,63,73)(H,64,68)(H,65,69)/t32-,33-,36-,37-,40?,41?,42+,43+,44?,45?,46+,47?/m0/s1. The number of carbonyl (C=O) groups is 8. The molecule has 1 saturated carbocycles. The van der Waals surface area contributed by atoms with E-state index < -0.39 is 82.8 Å². The number of benzene rings is 2. The average molecular weight is 1040 g/mol. The molecule has 0 spiro atoms. The molecule has 8 N–H and O–H groups in total. The zero-order valence-electron chi connectivity index (χ0n) is 45.9. The first-order valence-corrected chi connectivity index (χ1v) is 27.4. The van der Waals surface area contributed by atoms with Gasteiger partial charge in [-0.1, -0.05) is 96.5 Å². The predicted octanol–water partition coefficient (Wildman–Crippen LogP) is 3.24. The summed E-state index contributed by atoms with van der Waals surface area (Å²) in [6.07, 6.45) is 6.82. The maximum atomic E-state index is 14.8. The number of nitrogens with one attached hydrogen (secondary N) is 8. The van der Waals surface area contributed by atoms with Crippen LogP contribution in [0.3, 0.4) is 0 Å². The van der Waals surface area contributed by atoms with E-state index in [0.717, 1.165) is 49.7 Å². The minimum absolute atomic E-state index is 0.0171. The first kappa shape index (κ1) is 56.8. The normalized spacial score (nSPS) is 26.1. The van der Waals surface area contributed by atoms with Crippen LogP contribution in [0.4, 0.5) is 0 Å². The van der Waals surface area contributed by atoms with Gasteiger partial charge in [-0.25, -0.2) is 0 Å². The highest BCUT2D eigenvalue weighted by Crippen LogP contribution is 2.36. The predicted molar refractivity (Wildman–Crippen MR) is 285 cm³/mol. The summed E-state index contributed by atoms with van der Waals surface area (Å²) in [7, 11) is 3.32. The molecule has 0 bridgehead atoms. The van der Waals surface area contributed by atoms with Crippen molar-refractivity contribution in [1.82, 2.24) is 52.3 Å². The highest BCUT2D eigenvalue weighted by Gasteiger charge is 2.50. The lowest BCUT2D eigenvalue weighted by Gasteiger charge is -2.36. The third-order valence-electron chi connectivity index (χ3n) is 16.5. The summed E-state index contributed by atoms with van der Waals surface area (Å²) in [4.78, 5) is 117. The fourth-order valence-electron chi connectivity index (χ4n) is 11.8. The van der Waals surface area contributed by atoms with Gasteiger partial charge in [0.15, 0.2) is 0 Å². The van der Waals surface area contributed by atoms with Crippen LogP contribution in [0.25, 0.3) is 0 Å². The summed E-state index contributed by atoms with van der Waals surface area (Å²) >= 11 is 0. The first-order valence-electron chi connectivity index (χ1n) is 27.4. The van der Waals surface area contributed by atoms with E-state index in [9.17, 15) is 38.4 Å². The van der Waals surface area contributed by atoms with Crippen LogP contribution < -0.4 is 42.5 Å². The fourth-order valence-corrected chi connectivity index (χ4v) is 11.8. The van der Waals surface area contributed by atoms with Gasteiger partial charge in [-0.15, -0.1) is 0 Å². The van der Waals surface area contributed by atoms with E-state index in [1.54, 1.807) is 27.9 Å². The number of rotatable bonds is 16. The highest BCUT2D eigenvalue weighted by atomic mass is 16.2. The minimum Gasteiger partial charge on any atom is -0.351 e. The maximum Gasteiger partial charge on any atom is 0.246 e. The molecule has 2 saturated heterocycles. The molecule has 7 rings (SSSR count). The van der Waals surface area contributed by atoms with Gasteiger partial charge in [-0.3, -0.25) is 38.4 Å². The zero-order chi connectivity index (χ0) is 54.5. The molecule has 2 aromatic rings. The average Bonchev–Trinajstić information content (AvgIpc) is 4.16. The van der Waals surface area contributed by atoms with E-state index in [1.807, 2.05) is 77.9 Å². The molecule has 18 heteroatoms. The van der Waals surface area contributed by atoms with Crippen LogP contribution in [-0.4, -0.2) is 133 Å². The summed E-state index contributed by atoms with van der Waals surface area (Å²) in [6, 6.07) is 9.26. The Morgan fingerprint density at radius 1 is 0.507 bits per heavy atom. The van der Waals surface area contributed by atoms with Crippen LogP contribution in [0.15, 0.2) is 48.5 Å². The highest BCUT2D eigenvalue weighted by molar-refractivity contribution is 5.96. The molecule has 8 amide bonds. The van der Waals surface area contributed by atoms with Gasteiger partial charge in [-0.05, 0) is 125 Å². The minimum atomic E-state index is -0.986. The SMILES string of the molecule is CN[C@@H](C)C(=O)NC(C(=O)N1C[C@@H](NC(=O)C2CCCC2C(=O)N[C@H]2CC(C(=O)N[C@@H]3CCCc4ccccc43)N(C(=O)[C@@H](NC(=O)[C@H](C)NC)C(C)(C)C)C2)CC1C(=O)N[C@@H]1CCCc2ccccc21)C(C)(C)C. The Labute approximate surface area is 443 Å². The molecule has 3 aliphatic carbocycles. The number of fused-ring (bicyclic) bond motifs is 2. The molecule has 12 atom stereocenters. The van der Waals surface area contributed by atoms with Crippen molar-refractivity contribution in [2.24, 2.45) is 22.7 Å². The molecule has 2 heterocycles. The van der Waals surface area contributed by atoms with Crippen molar-refractivity contribution in [3.8, 4) is 0 Å². The number of carbonyl (C=O) groups excluding carboxylic acids is 8. The van der Waals surface area contributed by atoms with Crippen LogP contribution in [0, 0.1) is 22.7 Å². The second kappa shape index (κ2) is 24.0. The molecular formula is C57H84N10O8. The van der Waals surface area contributed by atoms with E-state index in [4.69, 9.17) is 0 Å². The van der Waals surface area contributed by atoms with Crippen molar-refractivity contribution < 1.29 is 38.4 Å². The Kier molecular flexibility index (Phi) is 18.2. The Balaban J connectivity index is 1.08. The molecule has 2 aromatic carbocycles. The van der Waals surface area contributed by atoms with Crippen molar-refractivity contribution in [3.05, 3.63) is 70.8 Å².